The summed E-state index contributed by atoms with van der Waals surface area (Å²) in [6, 6.07) is 0. The second kappa shape index (κ2) is 4.19. The molecule has 0 aliphatic rings. The molecule has 0 N–H and O–H groups in total. The zero-order chi connectivity index (χ0) is 9.99. The van der Waals surface area contributed by atoms with E-state index >= 15 is 0 Å². The summed E-state index contributed by atoms with van der Waals surface area (Å²) in [5, 5.41) is 0. The van der Waals surface area contributed by atoms with Crippen LogP contribution in [0, 0.1) is 0 Å². The summed E-state index contributed by atoms with van der Waals surface area (Å²) < 4.78 is 7.92. The van der Waals surface area contributed by atoms with Crippen molar-refractivity contribution in [1.29, 1.82) is 0 Å². The molecule has 5 heteroatoms. The number of rotatable bonds is 4. The first kappa shape index (κ1) is 12.6. The Morgan fingerprint density at radius 2 is 1.25 bits per heavy atom. The van der Waals surface area contributed by atoms with Crippen molar-refractivity contribution < 1.29 is 4.43 Å². The van der Waals surface area contributed by atoms with Crippen LogP contribution in [0.1, 0.15) is 0 Å². The summed E-state index contributed by atoms with van der Waals surface area (Å²) in [6.45, 7) is 14.3. The molecule has 0 rings (SSSR count). The maximum absolute atomic E-state index is 5.28. The van der Waals surface area contributed by atoms with E-state index in [0.29, 0.717) is 9.92 Å². The summed E-state index contributed by atoms with van der Waals surface area (Å²) in [5.41, 5.74) is 0. The van der Waals surface area contributed by atoms with Crippen molar-refractivity contribution in [1.82, 2.24) is 3.90 Å². The summed E-state index contributed by atoms with van der Waals surface area (Å²) >= 11 is 0. The lowest BCUT2D eigenvalue weighted by Gasteiger charge is -2.41. The predicted molar refractivity (Wildman–Crippen MR) is 61.3 cm³/mol. The van der Waals surface area contributed by atoms with Gasteiger partial charge >= 0.3 is 9.92 Å². The van der Waals surface area contributed by atoms with E-state index in [1.807, 2.05) is 0 Å². The van der Waals surface area contributed by atoms with E-state index in [-0.39, 0.29) is 0 Å². The van der Waals surface area contributed by atoms with Crippen molar-refractivity contribution in [3.05, 3.63) is 0 Å². The SMILES string of the molecule is CO[Si]N([Si](C)(C)C)[Si](C)(C)C. The van der Waals surface area contributed by atoms with Crippen LogP contribution < -0.4 is 0 Å². The fourth-order valence-corrected chi connectivity index (χ4v) is 12.3. The van der Waals surface area contributed by atoms with Crippen molar-refractivity contribution >= 4 is 26.4 Å². The van der Waals surface area contributed by atoms with Crippen molar-refractivity contribution in [3.63, 3.8) is 0 Å². The molecule has 0 saturated carbocycles. The van der Waals surface area contributed by atoms with Crippen LogP contribution in [0.25, 0.3) is 0 Å². The molecule has 0 heterocycles. The van der Waals surface area contributed by atoms with Crippen LogP contribution in [0.5, 0.6) is 0 Å². The molecule has 0 spiro atoms. The smallest absolute Gasteiger partial charge is 0.325 e. The fourth-order valence-electron chi connectivity index (χ4n) is 1.37. The van der Waals surface area contributed by atoms with E-state index < -0.39 is 16.5 Å². The van der Waals surface area contributed by atoms with Gasteiger partial charge in [0.1, 0.15) is 16.5 Å². The van der Waals surface area contributed by atoms with E-state index in [9.17, 15) is 0 Å². The average Bonchev–Trinajstić information content (AvgIpc) is 1.77. The van der Waals surface area contributed by atoms with E-state index in [1.165, 1.54) is 0 Å². The first-order valence-electron chi connectivity index (χ1n) is 4.28. The highest BCUT2D eigenvalue weighted by molar-refractivity contribution is 6.95. The Kier molecular flexibility index (Phi) is 4.39. The molecule has 0 atom stereocenters. The quantitative estimate of drug-likeness (QED) is 0.672. The molecule has 0 aromatic carbocycles. The van der Waals surface area contributed by atoms with Crippen LogP contribution in [0.3, 0.4) is 0 Å². The lowest BCUT2D eigenvalue weighted by atomic mass is 11.8. The van der Waals surface area contributed by atoms with E-state index in [4.69, 9.17) is 4.43 Å². The number of hydrogen-bond donors (Lipinski definition) is 0. The van der Waals surface area contributed by atoms with Crippen molar-refractivity contribution in [2.24, 2.45) is 0 Å². The summed E-state index contributed by atoms with van der Waals surface area (Å²) in [6.07, 6.45) is 0. The van der Waals surface area contributed by atoms with Crippen molar-refractivity contribution in [2.45, 2.75) is 39.3 Å². The molecule has 72 valence electrons. The maximum atomic E-state index is 5.28. The Morgan fingerprint density at radius 3 is 1.33 bits per heavy atom. The largest absolute Gasteiger partial charge is 0.406 e. The van der Waals surface area contributed by atoms with Gasteiger partial charge in [-0.1, -0.05) is 39.3 Å². The predicted octanol–water partition coefficient (Wildman–Crippen LogP) is 2.14. The third-order valence-corrected chi connectivity index (χ3v) is 13.2. The Balaban J connectivity index is 4.45. The molecule has 0 aromatic heterocycles. The van der Waals surface area contributed by atoms with Gasteiger partial charge in [-0.25, -0.2) is 0 Å². The Bertz CT molecular complexity index is 125. The zero-order valence-corrected chi connectivity index (χ0v) is 12.4. The van der Waals surface area contributed by atoms with E-state index in [1.54, 1.807) is 7.11 Å². The highest BCUT2D eigenvalue weighted by Gasteiger charge is 2.34. The third-order valence-electron chi connectivity index (χ3n) is 1.52. The molecular weight excluding hydrogens is 198 g/mol. The fraction of sp³-hybridized carbons (Fsp3) is 1.00. The monoisotopic (exact) mass is 219 g/mol. The van der Waals surface area contributed by atoms with Crippen molar-refractivity contribution in [2.75, 3.05) is 7.11 Å². The molecule has 0 unspecified atom stereocenters. The van der Waals surface area contributed by atoms with Crippen LogP contribution in [-0.2, 0) is 4.43 Å². The highest BCUT2D eigenvalue weighted by atomic mass is 28.5. The normalized spacial score (nSPS) is 14.0. The van der Waals surface area contributed by atoms with E-state index in [2.05, 4.69) is 43.2 Å². The molecule has 2 nitrogen and oxygen atoms in total. The van der Waals surface area contributed by atoms with E-state index in [0.717, 1.165) is 0 Å². The number of hydrogen-bond acceptors (Lipinski definition) is 2. The van der Waals surface area contributed by atoms with Gasteiger partial charge in [0.25, 0.3) is 0 Å². The summed E-state index contributed by atoms with van der Waals surface area (Å²) in [5.74, 6) is 0. The Hall–Kier alpha value is 0.571. The molecule has 0 amide bonds. The highest BCUT2D eigenvalue weighted by Crippen LogP contribution is 2.17. The van der Waals surface area contributed by atoms with Gasteiger partial charge in [-0.05, 0) is 0 Å². The van der Waals surface area contributed by atoms with Crippen LogP contribution >= 0.6 is 0 Å². The molecule has 2 radical (unpaired) electrons. The summed E-state index contributed by atoms with van der Waals surface area (Å²) in [4.78, 5) is 0. The minimum Gasteiger partial charge on any atom is -0.406 e. The lowest BCUT2D eigenvalue weighted by Crippen LogP contribution is -2.61. The Labute approximate surface area is 81.5 Å². The molecule has 12 heavy (non-hydrogen) atoms. The van der Waals surface area contributed by atoms with Gasteiger partial charge in [0.05, 0.1) is 0 Å². The van der Waals surface area contributed by atoms with Crippen LogP contribution in [0.2, 0.25) is 39.3 Å². The molecule has 0 bridgehead atoms. The molecular formula is C7H21NOSi3. The zero-order valence-electron chi connectivity index (χ0n) is 9.36. The van der Waals surface area contributed by atoms with Gasteiger partial charge in [-0.2, -0.15) is 0 Å². The van der Waals surface area contributed by atoms with Gasteiger partial charge in [0, 0.05) is 7.11 Å². The van der Waals surface area contributed by atoms with Gasteiger partial charge in [0.2, 0.25) is 0 Å². The molecule has 0 aromatic rings. The van der Waals surface area contributed by atoms with Gasteiger partial charge in [0.15, 0.2) is 0 Å². The van der Waals surface area contributed by atoms with Gasteiger partial charge in [-0.15, -0.1) is 0 Å². The minimum absolute atomic E-state index is 0.566. The number of nitrogens with zero attached hydrogens (tertiary/aromatic N) is 1. The molecule has 0 saturated heterocycles. The van der Waals surface area contributed by atoms with Crippen molar-refractivity contribution in [3.8, 4) is 0 Å². The van der Waals surface area contributed by atoms with Crippen LogP contribution in [-0.4, -0.2) is 37.4 Å². The first-order chi connectivity index (χ1) is 5.19. The molecule has 0 aliphatic carbocycles. The second-order valence-corrected chi connectivity index (χ2v) is 16.9. The van der Waals surface area contributed by atoms with Crippen LogP contribution in [0.15, 0.2) is 0 Å². The van der Waals surface area contributed by atoms with Gasteiger partial charge in [-0.3, -0.25) is 0 Å². The lowest BCUT2D eigenvalue weighted by molar-refractivity contribution is 0.421. The Morgan fingerprint density at radius 1 is 0.917 bits per heavy atom. The standard InChI is InChI=1S/C7H21NOSi3/c1-9-10-8(11(2,3)4)12(5,6)7/h1-7H3. The topological polar surface area (TPSA) is 12.5 Å². The first-order valence-corrected chi connectivity index (χ1v) is 12.0. The average molecular weight is 220 g/mol. The third kappa shape index (κ3) is 3.99. The molecule has 0 aliphatic heterocycles. The van der Waals surface area contributed by atoms with Crippen LogP contribution in [0.4, 0.5) is 0 Å². The minimum atomic E-state index is -1.16. The summed E-state index contributed by atoms with van der Waals surface area (Å²) in [7, 11) is 0.0417. The maximum Gasteiger partial charge on any atom is 0.325 e. The second-order valence-electron chi connectivity index (χ2n) is 4.97. The molecule has 0 fully saturated rings. The van der Waals surface area contributed by atoms with Gasteiger partial charge < -0.3 is 8.32 Å².